The number of nitrogens with zero attached hydrogens (tertiary/aromatic N) is 1. The van der Waals surface area contributed by atoms with Crippen LogP contribution in [0.1, 0.15) is 18.9 Å². The summed E-state index contributed by atoms with van der Waals surface area (Å²) in [5.41, 5.74) is 0.506. The van der Waals surface area contributed by atoms with Crippen LogP contribution < -0.4 is 4.74 Å². The number of benzene rings is 1. The molecule has 0 amide bonds. The Bertz CT molecular complexity index is 547. The Morgan fingerprint density at radius 3 is 2.25 bits per heavy atom. The Morgan fingerprint density at radius 1 is 1.05 bits per heavy atom. The summed E-state index contributed by atoms with van der Waals surface area (Å²) in [6, 6.07) is 9.52. The van der Waals surface area contributed by atoms with Crippen LogP contribution in [0.3, 0.4) is 0 Å². The van der Waals surface area contributed by atoms with Gasteiger partial charge in [0.15, 0.2) is 0 Å². The minimum Gasteiger partial charge on any atom is -0.494 e. The van der Waals surface area contributed by atoms with E-state index in [-0.39, 0.29) is 0 Å². The average molecular weight is 281 g/mol. The molecule has 1 heterocycles. The number of ether oxygens (including phenoxy) is 1. The topological polar surface area (TPSA) is 22.1 Å². The van der Waals surface area contributed by atoms with Gasteiger partial charge in [0.05, 0.1) is 17.9 Å². The Hall–Kier alpha value is -2.04. The number of alkyl halides is 3. The van der Waals surface area contributed by atoms with Gasteiger partial charge in [-0.05, 0) is 42.8 Å². The maximum atomic E-state index is 12.4. The van der Waals surface area contributed by atoms with E-state index in [0.717, 1.165) is 30.0 Å². The molecule has 0 saturated heterocycles. The van der Waals surface area contributed by atoms with E-state index in [9.17, 15) is 13.2 Å². The molecule has 0 aliphatic carbocycles. The Labute approximate surface area is 115 Å². The van der Waals surface area contributed by atoms with E-state index in [1.807, 2.05) is 6.92 Å². The minimum atomic E-state index is -4.36. The smallest absolute Gasteiger partial charge is 0.417 e. The molecule has 1 aromatic carbocycles. The first-order valence-electron chi connectivity index (χ1n) is 6.27. The van der Waals surface area contributed by atoms with E-state index in [1.54, 1.807) is 24.3 Å². The zero-order valence-corrected chi connectivity index (χ0v) is 10.9. The number of pyridine rings is 1. The van der Waals surface area contributed by atoms with Gasteiger partial charge in [-0.2, -0.15) is 13.2 Å². The van der Waals surface area contributed by atoms with Crippen molar-refractivity contribution < 1.29 is 17.9 Å². The quantitative estimate of drug-likeness (QED) is 0.819. The Morgan fingerprint density at radius 2 is 1.75 bits per heavy atom. The molecule has 0 aliphatic heterocycles. The Balaban J connectivity index is 2.15. The monoisotopic (exact) mass is 281 g/mol. The summed E-state index contributed by atoms with van der Waals surface area (Å²) in [5.74, 6) is 0.738. The predicted molar refractivity (Wildman–Crippen MR) is 70.5 cm³/mol. The SMILES string of the molecule is CCCOc1ccc(-c2ccc(C(F)(F)F)cn2)cc1. The predicted octanol–water partition coefficient (Wildman–Crippen LogP) is 4.56. The molecule has 0 bridgehead atoms. The maximum absolute atomic E-state index is 12.4. The highest BCUT2D eigenvalue weighted by molar-refractivity contribution is 5.60. The largest absolute Gasteiger partial charge is 0.494 e. The van der Waals surface area contributed by atoms with Gasteiger partial charge in [-0.3, -0.25) is 4.98 Å². The van der Waals surface area contributed by atoms with E-state index < -0.39 is 11.7 Å². The van der Waals surface area contributed by atoms with Gasteiger partial charge in [0.1, 0.15) is 5.75 Å². The van der Waals surface area contributed by atoms with Gasteiger partial charge < -0.3 is 4.74 Å². The van der Waals surface area contributed by atoms with E-state index in [4.69, 9.17) is 4.74 Å². The molecule has 0 aliphatic rings. The first kappa shape index (κ1) is 14.4. The molecule has 0 saturated carbocycles. The second kappa shape index (κ2) is 5.94. The molecule has 0 fully saturated rings. The van der Waals surface area contributed by atoms with Crippen LogP contribution in [0, 0.1) is 0 Å². The highest BCUT2D eigenvalue weighted by Gasteiger charge is 2.30. The summed E-state index contributed by atoms with van der Waals surface area (Å²) in [4.78, 5) is 3.85. The highest BCUT2D eigenvalue weighted by Crippen LogP contribution is 2.30. The molecule has 1 aromatic heterocycles. The van der Waals surface area contributed by atoms with Crippen LogP contribution in [0.25, 0.3) is 11.3 Å². The van der Waals surface area contributed by atoms with Crippen LogP contribution in [-0.4, -0.2) is 11.6 Å². The van der Waals surface area contributed by atoms with Crippen LogP contribution in [0.2, 0.25) is 0 Å². The van der Waals surface area contributed by atoms with Crippen LogP contribution in [0.5, 0.6) is 5.75 Å². The van der Waals surface area contributed by atoms with Gasteiger partial charge in [0, 0.05) is 11.8 Å². The number of rotatable bonds is 4. The number of aromatic nitrogens is 1. The van der Waals surface area contributed by atoms with Crippen LogP contribution in [-0.2, 0) is 6.18 Å². The molecule has 106 valence electrons. The van der Waals surface area contributed by atoms with Crippen molar-refractivity contribution in [1.29, 1.82) is 0 Å². The van der Waals surface area contributed by atoms with Crippen molar-refractivity contribution in [2.75, 3.05) is 6.61 Å². The van der Waals surface area contributed by atoms with Gasteiger partial charge in [-0.1, -0.05) is 6.92 Å². The molecule has 2 nitrogen and oxygen atoms in total. The standard InChI is InChI=1S/C15H14F3NO/c1-2-9-20-13-6-3-11(4-7-13)14-8-5-12(10-19-14)15(16,17)18/h3-8,10H,2,9H2,1H3. The molecule has 0 atom stereocenters. The van der Waals surface area contributed by atoms with Crippen molar-refractivity contribution in [2.24, 2.45) is 0 Å². The molecule has 2 rings (SSSR count). The van der Waals surface area contributed by atoms with Gasteiger partial charge in [0.25, 0.3) is 0 Å². The van der Waals surface area contributed by atoms with Gasteiger partial charge in [0.2, 0.25) is 0 Å². The fraction of sp³-hybridized carbons (Fsp3) is 0.267. The van der Waals surface area contributed by atoms with E-state index in [1.165, 1.54) is 6.07 Å². The summed E-state index contributed by atoms with van der Waals surface area (Å²) in [6.07, 6.45) is -2.59. The Kier molecular flexibility index (Phi) is 4.27. The van der Waals surface area contributed by atoms with Crippen LogP contribution >= 0.6 is 0 Å². The third-order valence-electron chi connectivity index (χ3n) is 2.71. The lowest BCUT2D eigenvalue weighted by molar-refractivity contribution is -0.137. The fourth-order valence-electron chi connectivity index (χ4n) is 1.67. The number of halogens is 3. The van der Waals surface area contributed by atoms with Gasteiger partial charge >= 0.3 is 6.18 Å². The summed E-state index contributed by atoms with van der Waals surface area (Å²) < 4.78 is 42.8. The number of hydrogen-bond acceptors (Lipinski definition) is 2. The maximum Gasteiger partial charge on any atom is 0.417 e. The third-order valence-corrected chi connectivity index (χ3v) is 2.71. The van der Waals surface area contributed by atoms with Crippen molar-refractivity contribution in [2.45, 2.75) is 19.5 Å². The summed E-state index contributed by atoms with van der Waals surface area (Å²) in [7, 11) is 0. The van der Waals surface area contributed by atoms with E-state index in [0.29, 0.717) is 12.3 Å². The van der Waals surface area contributed by atoms with Crippen LogP contribution in [0.15, 0.2) is 42.6 Å². The molecular formula is C15H14F3NO. The van der Waals surface area contributed by atoms with Crippen molar-refractivity contribution in [3.63, 3.8) is 0 Å². The minimum absolute atomic E-state index is 0.500. The second-order valence-corrected chi connectivity index (χ2v) is 4.30. The molecule has 0 N–H and O–H groups in total. The first-order valence-corrected chi connectivity index (χ1v) is 6.27. The van der Waals surface area contributed by atoms with E-state index >= 15 is 0 Å². The first-order chi connectivity index (χ1) is 9.50. The average Bonchev–Trinajstić information content (AvgIpc) is 2.45. The zero-order chi connectivity index (χ0) is 14.6. The lowest BCUT2D eigenvalue weighted by atomic mass is 10.1. The number of hydrogen-bond donors (Lipinski definition) is 0. The molecular weight excluding hydrogens is 267 g/mol. The van der Waals surface area contributed by atoms with Crippen LogP contribution in [0.4, 0.5) is 13.2 Å². The van der Waals surface area contributed by atoms with Crippen molar-refractivity contribution in [1.82, 2.24) is 4.98 Å². The molecule has 5 heteroatoms. The molecule has 0 radical (unpaired) electrons. The van der Waals surface area contributed by atoms with Crippen molar-refractivity contribution in [3.05, 3.63) is 48.2 Å². The van der Waals surface area contributed by atoms with Gasteiger partial charge in [-0.15, -0.1) is 0 Å². The lowest BCUT2D eigenvalue weighted by Gasteiger charge is -2.08. The normalized spacial score (nSPS) is 11.4. The van der Waals surface area contributed by atoms with Gasteiger partial charge in [-0.25, -0.2) is 0 Å². The summed E-state index contributed by atoms with van der Waals surface area (Å²) >= 11 is 0. The summed E-state index contributed by atoms with van der Waals surface area (Å²) in [5, 5.41) is 0. The summed E-state index contributed by atoms with van der Waals surface area (Å²) in [6.45, 7) is 2.65. The molecule has 20 heavy (non-hydrogen) atoms. The van der Waals surface area contributed by atoms with Crippen molar-refractivity contribution >= 4 is 0 Å². The molecule has 0 spiro atoms. The fourth-order valence-corrected chi connectivity index (χ4v) is 1.67. The molecule has 2 aromatic rings. The second-order valence-electron chi connectivity index (χ2n) is 4.30. The van der Waals surface area contributed by atoms with E-state index in [2.05, 4.69) is 4.98 Å². The zero-order valence-electron chi connectivity index (χ0n) is 10.9. The third kappa shape index (κ3) is 3.50. The lowest BCUT2D eigenvalue weighted by Crippen LogP contribution is -2.05. The highest BCUT2D eigenvalue weighted by atomic mass is 19.4. The van der Waals surface area contributed by atoms with Crippen molar-refractivity contribution in [3.8, 4) is 17.0 Å². The molecule has 0 unspecified atom stereocenters.